The molecule has 102 valence electrons. The average Bonchev–Trinajstić information content (AvgIpc) is 1.97. The molecule has 0 saturated heterocycles. The van der Waals surface area contributed by atoms with E-state index >= 15 is 0 Å². The topological polar surface area (TPSA) is 73.0 Å². The number of amides is 1. The summed E-state index contributed by atoms with van der Waals surface area (Å²) < 4.78 is 39.8. The van der Waals surface area contributed by atoms with Crippen LogP contribution in [0.2, 0.25) is 0 Å². The van der Waals surface area contributed by atoms with Crippen LogP contribution in [0.5, 0.6) is 0 Å². The Kier molecular flexibility index (Phi) is 5.42. The zero-order valence-corrected chi connectivity index (χ0v) is 12.5. The third-order valence-electron chi connectivity index (χ3n) is 2.16. The highest BCUT2D eigenvalue weighted by atomic mass is 32.3. The molecule has 0 heterocycles. The summed E-state index contributed by atoms with van der Waals surface area (Å²) in [5.74, 6) is 0. The monoisotopic (exact) mass is 289 g/mol. The molecule has 0 saturated carbocycles. The maximum atomic E-state index is 12.6. The van der Waals surface area contributed by atoms with Gasteiger partial charge in [0.15, 0.2) is 0 Å². The maximum absolute atomic E-state index is 12.6. The maximum Gasteiger partial charge on any atom is 0.429 e. The summed E-state index contributed by atoms with van der Waals surface area (Å²) >= 11 is 0. The van der Waals surface area contributed by atoms with E-state index in [1.807, 2.05) is 0 Å². The second kappa shape index (κ2) is 5.53. The first-order valence-electron chi connectivity index (χ1n) is 4.65. The van der Waals surface area contributed by atoms with Crippen molar-refractivity contribution in [3.8, 4) is 0 Å². The number of nitrogens with zero attached hydrogens (tertiary/aromatic N) is 3. The highest BCUT2D eigenvalue weighted by Crippen LogP contribution is 2.64. The number of carbonyl (C=O) groups is 1. The minimum absolute atomic E-state index is 0.875. The molecule has 0 atom stereocenters. The molecule has 10 heteroatoms. The lowest BCUT2D eigenvalue weighted by Crippen LogP contribution is -2.45. The SMILES string of the molecule is CN(C)[P+](C(=O)NS(=O)(=O)F)(N(C)C)N(C)C. The lowest BCUT2D eigenvalue weighted by Gasteiger charge is -2.36. The summed E-state index contributed by atoms with van der Waals surface area (Å²) in [6.45, 7) is 0. The molecule has 0 aromatic carbocycles. The van der Waals surface area contributed by atoms with Gasteiger partial charge in [-0.25, -0.2) is 4.79 Å². The summed E-state index contributed by atoms with van der Waals surface area (Å²) in [7, 11) is 2.00. The molecule has 0 aliphatic carbocycles. The molecule has 0 aliphatic heterocycles. The summed E-state index contributed by atoms with van der Waals surface area (Å²) in [6, 6.07) is 0. The zero-order valence-electron chi connectivity index (χ0n) is 10.8. The molecule has 1 amide bonds. The molecule has 0 aliphatic rings. The molecule has 0 aromatic heterocycles. The highest BCUT2D eigenvalue weighted by Gasteiger charge is 2.57. The number of hydrogen-bond acceptors (Lipinski definition) is 6. The van der Waals surface area contributed by atoms with Gasteiger partial charge in [-0.15, -0.1) is 14.0 Å². The van der Waals surface area contributed by atoms with Gasteiger partial charge in [0.25, 0.3) is 0 Å². The average molecular weight is 289 g/mol. The van der Waals surface area contributed by atoms with E-state index in [0.717, 1.165) is 0 Å². The third-order valence-corrected chi connectivity index (χ3v) is 6.74. The summed E-state index contributed by atoms with van der Waals surface area (Å²) in [4.78, 5) is 12.0. The molecule has 0 bridgehead atoms. The summed E-state index contributed by atoms with van der Waals surface area (Å²) in [5, 5.41) is 0. The predicted octanol–water partition coefficient (Wildman–Crippen LogP) is 0.358. The van der Waals surface area contributed by atoms with Crippen LogP contribution in [-0.2, 0) is 10.4 Å². The molecule has 0 radical (unpaired) electrons. The van der Waals surface area contributed by atoms with Crippen LogP contribution in [0.4, 0.5) is 8.68 Å². The molecule has 0 spiro atoms. The van der Waals surface area contributed by atoms with Crippen molar-refractivity contribution in [1.82, 2.24) is 18.7 Å². The van der Waals surface area contributed by atoms with Gasteiger partial charge in [0.1, 0.15) is 0 Å². The number of halogens is 1. The lowest BCUT2D eigenvalue weighted by molar-refractivity contribution is 0.258. The number of nitrogens with one attached hydrogen (secondary N) is 1. The van der Waals surface area contributed by atoms with E-state index in [-0.39, 0.29) is 0 Å². The normalized spacial score (nSPS) is 13.5. The van der Waals surface area contributed by atoms with Crippen LogP contribution in [0.25, 0.3) is 0 Å². The van der Waals surface area contributed by atoms with Crippen LogP contribution in [0.1, 0.15) is 0 Å². The standard InChI is InChI=1S/C7H18FN4O3PS/c1-10(2)16(11(3)4,12(5)6)7(13)9-17(8,14)15/h1-6H3/p+1. The van der Waals surface area contributed by atoms with Gasteiger partial charge in [-0.1, -0.05) is 3.89 Å². The van der Waals surface area contributed by atoms with E-state index in [1.54, 1.807) is 56.3 Å². The van der Waals surface area contributed by atoms with Crippen molar-refractivity contribution in [3.63, 3.8) is 0 Å². The molecular formula is C7H19FN4O3PS+. The van der Waals surface area contributed by atoms with Gasteiger partial charge in [0.2, 0.25) is 0 Å². The van der Waals surface area contributed by atoms with E-state index in [9.17, 15) is 17.1 Å². The fraction of sp³-hybridized carbons (Fsp3) is 0.857. The Morgan fingerprint density at radius 3 is 1.47 bits per heavy atom. The van der Waals surface area contributed by atoms with Crippen LogP contribution >= 0.6 is 7.71 Å². The third kappa shape index (κ3) is 3.56. The molecule has 1 N–H and O–H groups in total. The first kappa shape index (κ1) is 16.7. The Morgan fingerprint density at radius 2 is 1.29 bits per heavy atom. The Bertz CT molecular complexity index is 363. The minimum atomic E-state index is -5.06. The van der Waals surface area contributed by atoms with Crippen molar-refractivity contribution in [3.05, 3.63) is 0 Å². The van der Waals surface area contributed by atoms with E-state index in [4.69, 9.17) is 0 Å². The largest absolute Gasteiger partial charge is 0.429 e. The van der Waals surface area contributed by atoms with Crippen LogP contribution in [0, 0.1) is 0 Å². The highest BCUT2D eigenvalue weighted by molar-refractivity contribution is 7.90. The number of rotatable bonds is 5. The second-order valence-electron chi connectivity index (χ2n) is 3.96. The van der Waals surface area contributed by atoms with Crippen molar-refractivity contribution in [2.24, 2.45) is 0 Å². The second-order valence-corrected chi connectivity index (χ2v) is 8.98. The van der Waals surface area contributed by atoms with Crippen LogP contribution in [0.15, 0.2) is 0 Å². The van der Waals surface area contributed by atoms with Gasteiger partial charge < -0.3 is 0 Å². The van der Waals surface area contributed by atoms with Gasteiger partial charge in [0.05, 0.1) is 0 Å². The Hall–Kier alpha value is -0.340. The van der Waals surface area contributed by atoms with Crippen molar-refractivity contribution in [2.45, 2.75) is 0 Å². The van der Waals surface area contributed by atoms with Gasteiger partial charge in [0, 0.05) is 42.3 Å². The molecule has 0 rings (SSSR count). The van der Waals surface area contributed by atoms with Crippen LogP contribution in [0.3, 0.4) is 0 Å². The Balaban J connectivity index is 5.54. The van der Waals surface area contributed by atoms with Crippen molar-refractivity contribution in [2.75, 3.05) is 42.3 Å². The minimum Gasteiger partial charge on any atom is -0.220 e. The Labute approximate surface area is 102 Å². The fourth-order valence-corrected chi connectivity index (χ4v) is 6.05. The first-order valence-corrected chi connectivity index (χ1v) is 7.68. The Morgan fingerprint density at radius 1 is 1.00 bits per heavy atom. The summed E-state index contributed by atoms with van der Waals surface area (Å²) in [6.07, 6.45) is 0. The summed E-state index contributed by atoms with van der Waals surface area (Å²) in [5.41, 5.74) is -0.875. The van der Waals surface area contributed by atoms with E-state index in [1.165, 1.54) is 4.72 Å². The number of hydrogen-bond donors (Lipinski definition) is 1. The van der Waals surface area contributed by atoms with Crippen LogP contribution < -0.4 is 4.72 Å². The smallest absolute Gasteiger partial charge is 0.220 e. The van der Waals surface area contributed by atoms with Crippen molar-refractivity contribution in [1.29, 1.82) is 0 Å². The molecule has 17 heavy (non-hydrogen) atoms. The molecule has 0 unspecified atom stereocenters. The van der Waals surface area contributed by atoms with E-state index in [2.05, 4.69) is 0 Å². The molecule has 7 nitrogen and oxygen atoms in total. The quantitative estimate of drug-likeness (QED) is 0.582. The van der Waals surface area contributed by atoms with Gasteiger partial charge in [-0.05, 0) is 0 Å². The van der Waals surface area contributed by atoms with Gasteiger partial charge in [-0.3, -0.25) is 0 Å². The number of carbonyl (C=O) groups excluding carboxylic acids is 1. The van der Waals surface area contributed by atoms with Crippen molar-refractivity contribution >= 4 is 23.8 Å². The van der Waals surface area contributed by atoms with E-state index < -0.39 is 23.8 Å². The fourth-order valence-electron chi connectivity index (χ4n) is 1.78. The van der Waals surface area contributed by atoms with E-state index in [0.29, 0.717) is 0 Å². The predicted molar refractivity (Wildman–Crippen MR) is 66.5 cm³/mol. The molecule has 0 fully saturated rings. The lowest BCUT2D eigenvalue weighted by atomic mass is 11.2. The van der Waals surface area contributed by atoms with Crippen molar-refractivity contribution < 1.29 is 17.1 Å². The molecular weight excluding hydrogens is 270 g/mol. The zero-order chi connectivity index (χ0) is 14.0. The van der Waals surface area contributed by atoms with Gasteiger partial charge in [-0.2, -0.15) is 13.1 Å². The van der Waals surface area contributed by atoms with Crippen LogP contribution in [-0.4, -0.2) is 70.4 Å². The first-order chi connectivity index (χ1) is 7.46. The molecule has 0 aromatic rings. The van der Waals surface area contributed by atoms with Gasteiger partial charge >= 0.3 is 23.8 Å².